The van der Waals surface area contributed by atoms with Crippen LogP contribution in [0.1, 0.15) is 11.1 Å². The fourth-order valence-electron chi connectivity index (χ4n) is 2.18. The molecule has 0 fully saturated rings. The van der Waals surface area contributed by atoms with Gasteiger partial charge < -0.3 is 10.1 Å². The first-order valence-corrected chi connectivity index (χ1v) is 8.18. The van der Waals surface area contributed by atoms with E-state index in [1.807, 2.05) is 59.3 Å². The van der Waals surface area contributed by atoms with Crippen LogP contribution in [0.3, 0.4) is 0 Å². The Morgan fingerprint density at radius 1 is 1.13 bits per heavy atom. The van der Waals surface area contributed by atoms with Crippen LogP contribution in [-0.2, 0) is 17.9 Å². The Kier molecular flexibility index (Phi) is 5.01. The van der Waals surface area contributed by atoms with Gasteiger partial charge in [-0.3, -0.25) is 4.98 Å². The van der Waals surface area contributed by atoms with E-state index >= 15 is 0 Å². The second-order valence-corrected chi connectivity index (χ2v) is 5.72. The lowest BCUT2D eigenvalue weighted by Crippen LogP contribution is -2.24. The van der Waals surface area contributed by atoms with Crippen LogP contribution in [0.4, 0.5) is 4.79 Å². The summed E-state index contributed by atoms with van der Waals surface area (Å²) in [5.74, 6) is 0. The maximum absolute atomic E-state index is 11.8. The van der Waals surface area contributed by atoms with Crippen LogP contribution in [0.5, 0.6) is 0 Å². The van der Waals surface area contributed by atoms with Crippen molar-refractivity contribution in [3.05, 3.63) is 76.6 Å². The number of nitrogens with zero attached hydrogens (tertiary/aromatic N) is 1. The van der Waals surface area contributed by atoms with E-state index in [0.717, 1.165) is 22.4 Å². The van der Waals surface area contributed by atoms with Gasteiger partial charge in [0, 0.05) is 23.7 Å². The highest BCUT2D eigenvalue weighted by Gasteiger charge is 2.09. The molecule has 3 rings (SSSR count). The van der Waals surface area contributed by atoms with Gasteiger partial charge in [0.15, 0.2) is 0 Å². The molecule has 0 atom stereocenters. The molecule has 2 heterocycles. The molecule has 2 aromatic heterocycles. The molecule has 3 aromatic rings. The fourth-order valence-corrected chi connectivity index (χ4v) is 2.82. The van der Waals surface area contributed by atoms with Gasteiger partial charge in [-0.2, -0.15) is 11.3 Å². The van der Waals surface area contributed by atoms with E-state index in [0.29, 0.717) is 6.54 Å². The number of aromatic nitrogens is 1. The van der Waals surface area contributed by atoms with E-state index in [1.54, 1.807) is 17.5 Å². The van der Waals surface area contributed by atoms with Gasteiger partial charge in [0.05, 0.1) is 5.69 Å². The molecule has 0 aliphatic heterocycles. The Hall–Kier alpha value is -2.66. The smallest absolute Gasteiger partial charge is 0.407 e. The number of hydrogen-bond donors (Lipinski definition) is 1. The van der Waals surface area contributed by atoms with Crippen molar-refractivity contribution in [2.75, 3.05) is 0 Å². The van der Waals surface area contributed by atoms with Crippen molar-refractivity contribution in [1.29, 1.82) is 0 Å². The van der Waals surface area contributed by atoms with Crippen LogP contribution in [0.2, 0.25) is 0 Å². The summed E-state index contributed by atoms with van der Waals surface area (Å²) >= 11 is 1.62. The summed E-state index contributed by atoms with van der Waals surface area (Å²) in [6, 6.07) is 15.4. The number of thiophene rings is 1. The molecule has 0 aliphatic carbocycles. The molecule has 0 saturated heterocycles. The Balaban J connectivity index is 1.57. The lowest BCUT2D eigenvalue weighted by atomic mass is 10.1. The van der Waals surface area contributed by atoms with Gasteiger partial charge in [0.2, 0.25) is 0 Å². The highest BCUT2D eigenvalue weighted by Crippen LogP contribution is 2.23. The first kappa shape index (κ1) is 15.2. The molecule has 116 valence electrons. The SMILES string of the molecule is O=C(NCc1cccnc1-c1ccsc1)OCc1ccccc1. The second kappa shape index (κ2) is 7.56. The zero-order valence-electron chi connectivity index (χ0n) is 12.4. The number of rotatable bonds is 5. The zero-order chi connectivity index (χ0) is 15.9. The number of alkyl carbamates (subject to hydrolysis) is 1. The van der Waals surface area contributed by atoms with E-state index in [1.165, 1.54) is 0 Å². The maximum atomic E-state index is 11.8. The van der Waals surface area contributed by atoms with E-state index in [4.69, 9.17) is 4.74 Å². The summed E-state index contributed by atoms with van der Waals surface area (Å²) in [4.78, 5) is 16.2. The number of carbonyl (C=O) groups excluding carboxylic acids is 1. The quantitative estimate of drug-likeness (QED) is 0.764. The summed E-state index contributed by atoms with van der Waals surface area (Å²) in [7, 11) is 0. The van der Waals surface area contributed by atoms with Crippen molar-refractivity contribution in [3.63, 3.8) is 0 Å². The molecule has 0 unspecified atom stereocenters. The molecule has 1 aromatic carbocycles. The molecule has 0 radical (unpaired) electrons. The van der Waals surface area contributed by atoms with Crippen molar-refractivity contribution in [2.24, 2.45) is 0 Å². The first-order chi connectivity index (χ1) is 11.3. The molecule has 5 heteroatoms. The van der Waals surface area contributed by atoms with Gasteiger partial charge in [0.1, 0.15) is 6.61 Å². The minimum atomic E-state index is -0.436. The summed E-state index contributed by atoms with van der Waals surface area (Å²) in [6.07, 6.45) is 1.32. The number of pyridine rings is 1. The van der Waals surface area contributed by atoms with Crippen molar-refractivity contribution >= 4 is 17.4 Å². The van der Waals surface area contributed by atoms with Gasteiger partial charge in [-0.05, 0) is 28.6 Å². The van der Waals surface area contributed by atoms with Gasteiger partial charge in [-0.15, -0.1) is 0 Å². The van der Waals surface area contributed by atoms with E-state index in [2.05, 4.69) is 10.3 Å². The Morgan fingerprint density at radius 2 is 2.00 bits per heavy atom. The Bertz CT molecular complexity index is 758. The molecule has 23 heavy (non-hydrogen) atoms. The third-order valence-electron chi connectivity index (χ3n) is 3.32. The molecule has 1 N–H and O–H groups in total. The van der Waals surface area contributed by atoms with E-state index < -0.39 is 6.09 Å². The normalized spacial score (nSPS) is 10.3. The van der Waals surface area contributed by atoms with E-state index in [9.17, 15) is 4.79 Å². The predicted octanol–water partition coefficient (Wildman–Crippen LogP) is 4.24. The highest BCUT2D eigenvalue weighted by atomic mass is 32.1. The third-order valence-corrected chi connectivity index (χ3v) is 4.01. The number of nitrogens with one attached hydrogen (secondary N) is 1. The minimum Gasteiger partial charge on any atom is -0.445 e. The number of ether oxygens (including phenoxy) is 1. The summed E-state index contributed by atoms with van der Waals surface area (Å²) in [5.41, 5.74) is 3.87. The van der Waals surface area contributed by atoms with Gasteiger partial charge in [-0.1, -0.05) is 36.4 Å². The second-order valence-electron chi connectivity index (χ2n) is 4.94. The Morgan fingerprint density at radius 3 is 2.78 bits per heavy atom. The molecule has 4 nitrogen and oxygen atoms in total. The molecule has 0 spiro atoms. The van der Waals surface area contributed by atoms with E-state index in [-0.39, 0.29) is 6.61 Å². The average Bonchev–Trinajstić information content (AvgIpc) is 3.14. The van der Waals surface area contributed by atoms with Crippen molar-refractivity contribution in [1.82, 2.24) is 10.3 Å². The van der Waals surface area contributed by atoms with Crippen molar-refractivity contribution in [2.45, 2.75) is 13.2 Å². The summed E-state index contributed by atoms with van der Waals surface area (Å²) < 4.78 is 5.21. The van der Waals surface area contributed by atoms with Gasteiger partial charge >= 0.3 is 6.09 Å². The maximum Gasteiger partial charge on any atom is 0.407 e. The molecule has 0 saturated carbocycles. The number of amides is 1. The predicted molar refractivity (Wildman–Crippen MR) is 91.0 cm³/mol. The highest BCUT2D eigenvalue weighted by molar-refractivity contribution is 7.08. The topological polar surface area (TPSA) is 51.2 Å². The minimum absolute atomic E-state index is 0.261. The molecule has 0 aliphatic rings. The molecule has 1 amide bonds. The van der Waals surface area contributed by atoms with Crippen LogP contribution in [0.15, 0.2) is 65.5 Å². The van der Waals surface area contributed by atoms with Gasteiger partial charge in [-0.25, -0.2) is 4.79 Å². The summed E-state index contributed by atoms with van der Waals surface area (Å²) in [6.45, 7) is 0.643. The van der Waals surface area contributed by atoms with Crippen LogP contribution in [0, 0.1) is 0 Å². The monoisotopic (exact) mass is 324 g/mol. The van der Waals surface area contributed by atoms with Crippen LogP contribution < -0.4 is 5.32 Å². The fraction of sp³-hybridized carbons (Fsp3) is 0.111. The number of carbonyl (C=O) groups is 1. The number of hydrogen-bond acceptors (Lipinski definition) is 4. The van der Waals surface area contributed by atoms with Crippen LogP contribution in [0.25, 0.3) is 11.3 Å². The van der Waals surface area contributed by atoms with Crippen molar-refractivity contribution < 1.29 is 9.53 Å². The van der Waals surface area contributed by atoms with Crippen LogP contribution >= 0.6 is 11.3 Å². The molecular formula is C18H16N2O2S. The largest absolute Gasteiger partial charge is 0.445 e. The number of benzene rings is 1. The molecule has 0 bridgehead atoms. The van der Waals surface area contributed by atoms with Crippen LogP contribution in [-0.4, -0.2) is 11.1 Å². The summed E-state index contributed by atoms with van der Waals surface area (Å²) in [5, 5.41) is 6.82. The standard InChI is InChI=1S/C18H16N2O2S/c21-18(22-12-14-5-2-1-3-6-14)20-11-15-7-4-9-19-17(15)16-8-10-23-13-16/h1-10,13H,11-12H2,(H,20,21). The van der Waals surface area contributed by atoms with Gasteiger partial charge in [0.25, 0.3) is 0 Å². The lowest BCUT2D eigenvalue weighted by molar-refractivity contribution is 0.139. The lowest BCUT2D eigenvalue weighted by Gasteiger charge is -2.09. The zero-order valence-corrected chi connectivity index (χ0v) is 13.3. The average molecular weight is 324 g/mol. The third kappa shape index (κ3) is 4.17. The first-order valence-electron chi connectivity index (χ1n) is 7.24. The van der Waals surface area contributed by atoms with Crippen molar-refractivity contribution in [3.8, 4) is 11.3 Å². The Labute approximate surface area is 138 Å². The molecular weight excluding hydrogens is 308 g/mol.